The Labute approximate surface area is 186 Å². The van der Waals surface area contributed by atoms with Crippen LogP contribution < -0.4 is 10.5 Å². The van der Waals surface area contributed by atoms with Crippen molar-refractivity contribution in [1.29, 1.82) is 0 Å². The molecule has 2 atom stereocenters. The molecule has 7 heteroatoms. The number of hydrogen-bond donors (Lipinski definition) is 2. The average Bonchev–Trinajstić information content (AvgIpc) is 3.17. The normalized spacial score (nSPS) is 18.0. The molecule has 1 aliphatic rings. The number of nitrogens with zero attached hydrogens (tertiary/aromatic N) is 2. The van der Waals surface area contributed by atoms with Gasteiger partial charge in [-0.25, -0.2) is 4.39 Å². The van der Waals surface area contributed by atoms with Crippen LogP contribution in [0.15, 0.2) is 66.9 Å². The second-order valence-corrected chi connectivity index (χ2v) is 7.99. The number of ether oxygens (including phenoxy) is 1. The van der Waals surface area contributed by atoms with Gasteiger partial charge in [0.05, 0.1) is 11.7 Å². The standard InChI is InChI=1S/C25H26FN3O3/c26-23-9-8-21(32-20-6-4-17(5-7-20)10-11-27)14-22(23)25(31)29-15-18(24(30)16-29)13-19-3-1-2-12-28-19/h1-9,12,14,18,24,30H,10-11,13,15-16,27H2/t18-,24-/m1/s1. The molecule has 166 valence electrons. The lowest BCUT2D eigenvalue weighted by atomic mass is 10.00. The quantitative estimate of drug-likeness (QED) is 0.595. The average molecular weight is 435 g/mol. The minimum absolute atomic E-state index is 0.0760. The number of β-amino-alcohol motifs (C(OH)–C–C–N with tert-alkyl or cyclic N) is 1. The van der Waals surface area contributed by atoms with Gasteiger partial charge in [0.15, 0.2) is 0 Å². The molecule has 2 heterocycles. The summed E-state index contributed by atoms with van der Waals surface area (Å²) in [5, 5.41) is 10.4. The summed E-state index contributed by atoms with van der Waals surface area (Å²) >= 11 is 0. The predicted octanol–water partition coefficient (Wildman–Crippen LogP) is 3.19. The molecule has 1 saturated heterocycles. The number of amides is 1. The smallest absolute Gasteiger partial charge is 0.257 e. The maximum absolute atomic E-state index is 14.5. The van der Waals surface area contributed by atoms with E-state index in [-0.39, 0.29) is 18.0 Å². The first-order valence-corrected chi connectivity index (χ1v) is 10.7. The van der Waals surface area contributed by atoms with Crippen molar-refractivity contribution in [3.63, 3.8) is 0 Å². The highest BCUT2D eigenvalue weighted by molar-refractivity contribution is 5.95. The van der Waals surface area contributed by atoms with E-state index in [1.807, 2.05) is 42.5 Å². The van der Waals surface area contributed by atoms with Gasteiger partial charge in [-0.2, -0.15) is 0 Å². The molecule has 0 aliphatic carbocycles. The van der Waals surface area contributed by atoms with Crippen LogP contribution in [0.1, 0.15) is 21.6 Å². The summed E-state index contributed by atoms with van der Waals surface area (Å²) < 4.78 is 20.3. The molecule has 32 heavy (non-hydrogen) atoms. The summed E-state index contributed by atoms with van der Waals surface area (Å²) in [4.78, 5) is 18.8. The van der Waals surface area contributed by atoms with Crippen molar-refractivity contribution in [2.24, 2.45) is 11.7 Å². The second kappa shape index (κ2) is 9.89. The Hall–Kier alpha value is -3.29. The fourth-order valence-corrected chi connectivity index (χ4v) is 3.94. The van der Waals surface area contributed by atoms with Crippen LogP contribution in [0.5, 0.6) is 11.5 Å². The van der Waals surface area contributed by atoms with E-state index >= 15 is 0 Å². The third kappa shape index (κ3) is 5.12. The van der Waals surface area contributed by atoms with Crippen LogP contribution in [0.2, 0.25) is 0 Å². The number of aliphatic hydroxyl groups excluding tert-OH is 1. The molecule has 0 saturated carbocycles. The molecule has 4 rings (SSSR count). The van der Waals surface area contributed by atoms with Crippen molar-refractivity contribution < 1.29 is 19.0 Å². The highest BCUT2D eigenvalue weighted by atomic mass is 19.1. The molecular weight excluding hydrogens is 409 g/mol. The summed E-state index contributed by atoms with van der Waals surface area (Å²) in [5.41, 5.74) is 7.44. The van der Waals surface area contributed by atoms with E-state index in [0.29, 0.717) is 31.0 Å². The fraction of sp³-hybridized carbons (Fsp3) is 0.280. The Kier molecular flexibility index (Phi) is 6.78. The Bertz CT molecular complexity index is 1060. The third-order valence-corrected chi connectivity index (χ3v) is 5.65. The van der Waals surface area contributed by atoms with Crippen molar-refractivity contribution in [3.05, 3.63) is 89.5 Å². The van der Waals surface area contributed by atoms with E-state index in [9.17, 15) is 14.3 Å². The van der Waals surface area contributed by atoms with E-state index in [0.717, 1.165) is 17.7 Å². The highest BCUT2D eigenvalue weighted by Gasteiger charge is 2.35. The molecule has 1 aromatic heterocycles. The molecule has 1 fully saturated rings. The number of pyridine rings is 1. The fourth-order valence-electron chi connectivity index (χ4n) is 3.94. The van der Waals surface area contributed by atoms with Crippen LogP contribution >= 0.6 is 0 Å². The number of carbonyl (C=O) groups is 1. The number of hydrogen-bond acceptors (Lipinski definition) is 5. The molecule has 1 amide bonds. The Morgan fingerprint density at radius 2 is 1.91 bits per heavy atom. The van der Waals surface area contributed by atoms with Crippen LogP contribution in [0.4, 0.5) is 4.39 Å². The van der Waals surface area contributed by atoms with Crippen LogP contribution in [0.3, 0.4) is 0 Å². The van der Waals surface area contributed by atoms with E-state index in [4.69, 9.17) is 10.5 Å². The molecule has 0 bridgehead atoms. The Balaban J connectivity index is 1.45. The summed E-state index contributed by atoms with van der Waals surface area (Å²) in [6, 6.07) is 17.2. The van der Waals surface area contributed by atoms with E-state index in [2.05, 4.69) is 4.98 Å². The van der Waals surface area contributed by atoms with E-state index in [1.54, 1.807) is 6.20 Å². The maximum Gasteiger partial charge on any atom is 0.257 e. The van der Waals surface area contributed by atoms with Gasteiger partial charge in [-0.15, -0.1) is 0 Å². The number of likely N-dealkylation sites (tertiary alicyclic amines) is 1. The van der Waals surface area contributed by atoms with Gasteiger partial charge in [0.25, 0.3) is 5.91 Å². The molecule has 2 aromatic carbocycles. The second-order valence-electron chi connectivity index (χ2n) is 7.99. The minimum Gasteiger partial charge on any atom is -0.457 e. The van der Waals surface area contributed by atoms with Crippen LogP contribution in [-0.2, 0) is 12.8 Å². The molecule has 0 unspecified atom stereocenters. The summed E-state index contributed by atoms with van der Waals surface area (Å²) in [7, 11) is 0. The van der Waals surface area contributed by atoms with Crippen molar-refractivity contribution in [2.75, 3.05) is 19.6 Å². The largest absolute Gasteiger partial charge is 0.457 e. The zero-order valence-corrected chi connectivity index (χ0v) is 17.7. The van der Waals surface area contributed by atoms with Crippen molar-refractivity contribution in [2.45, 2.75) is 18.9 Å². The van der Waals surface area contributed by atoms with Gasteiger partial charge >= 0.3 is 0 Å². The lowest BCUT2D eigenvalue weighted by molar-refractivity contribution is 0.0759. The molecule has 0 spiro atoms. The van der Waals surface area contributed by atoms with Crippen LogP contribution in [0.25, 0.3) is 0 Å². The number of rotatable bonds is 7. The number of aliphatic hydroxyl groups is 1. The van der Waals surface area contributed by atoms with Crippen molar-refractivity contribution in [1.82, 2.24) is 9.88 Å². The monoisotopic (exact) mass is 435 g/mol. The molecule has 3 N–H and O–H groups in total. The summed E-state index contributed by atoms with van der Waals surface area (Å²) in [6.07, 6.45) is 2.35. The number of benzene rings is 2. The lowest BCUT2D eigenvalue weighted by Crippen LogP contribution is -2.30. The summed E-state index contributed by atoms with van der Waals surface area (Å²) in [6.45, 7) is 1.06. The highest BCUT2D eigenvalue weighted by Crippen LogP contribution is 2.27. The number of carbonyl (C=O) groups excluding carboxylic acids is 1. The number of halogens is 1. The van der Waals surface area contributed by atoms with Gasteiger partial charge in [0.2, 0.25) is 0 Å². The molecule has 0 radical (unpaired) electrons. The van der Waals surface area contributed by atoms with E-state index in [1.165, 1.54) is 23.1 Å². The van der Waals surface area contributed by atoms with Gasteiger partial charge in [0, 0.05) is 30.9 Å². The Morgan fingerprint density at radius 1 is 1.12 bits per heavy atom. The molecule has 6 nitrogen and oxygen atoms in total. The first kappa shape index (κ1) is 21.9. The SMILES string of the molecule is NCCc1ccc(Oc2ccc(F)c(C(=O)N3C[C@@H](Cc4ccccn4)[C@H](O)C3)c2)cc1. The predicted molar refractivity (Wildman–Crippen MR) is 119 cm³/mol. The lowest BCUT2D eigenvalue weighted by Gasteiger charge is -2.17. The van der Waals surface area contributed by atoms with Gasteiger partial charge in [-0.1, -0.05) is 18.2 Å². The molecule has 3 aromatic rings. The first-order valence-electron chi connectivity index (χ1n) is 10.7. The van der Waals surface area contributed by atoms with Crippen molar-refractivity contribution in [3.8, 4) is 11.5 Å². The number of nitrogens with two attached hydrogens (primary N) is 1. The zero-order chi connectivity index (χ0) is 22.5. The van der Waals surface area contributed by atoms with E-state index < -0.39 is 17.8 Å². The van der Waals surface area contributed by atoms with Gasteiger partial charge < -0.3 is 20.5 Å². The topological polar surface area (TPSA) is 88.7 Å². The van der Waals surface area contributed by atoms with Crippen molar-refractivity contribution >= 4 is 5.91 Å². The molecular formula is C25H26FN3O3. The van der Waals surface area contributed by atoms with Gasteiger partial charge in [-0.3, -0.25) is 9.78 Å². The Morgan fingerprint density at radius 3 is 2.62 bits per heavy atom. The molecule has 1 aliphatic heterocycles. The maximum atomic E-state index is 14.5. The first-order chi connectivity index (χ1) is 15.5. The minimum atomic E-state index is -0.685. The number of aromatic nitrogens is 1. The van der Waals surface area contributed by atoms with Gasteiger partial charge in [0.1, 0.15) is 17.3 Å². The van der Waals surface area contributed by atoms with Crippen LogP contribution in [-0.4, -0.2) is 46.6 Å². The zero-order valence-electron chi connectivity index (χ0n) is 17.7. The van der Waals surface area contributed by atoms with Gasteiger partial charge in [-0.05, 0) is 67.4 Å². The summed E-state index contributed by atoms with van der Waals surface area (Å²) in [5.74, 6) is -0.283. The van der Waals surface area contributed by atoms with Crippen LogP contribution in [0, 0.1) is 11.7 Å². The third-order valence-electron chi connectivity index (χ3n) is 5.65.